The number of β-amino-alcohol motifs (C(OH)–C–C–N with tert-alkyl or cyclic N) is 1. The Kier molecular flexibility index (Phi) is 4.38. The van der Waals surface area contributed by atoms with E-state index in [9.17, 15) is 14.7 Å². The zero-order valence-corrected chi connectivity index (χ0v) is 11.1. The van der Waals surface area contributed by atoms with E-state index in [0.29, 0.717) is 0 Å². The average Bonchev–Trinajstić information content (AvgIpc) is 2.87. The highest BCUT2D eigenvalue weighted by Crippen LogP contribution is 2.19. The van der Waals surface area contributed by atoms with Gasteiger partial charge < -0.3 is 14.7 Å². The molecule has 1 amide bonds. The van der Waals surface area contributed by atoms with E-state index in [-0.39, 0.29) is 13.0 Å². The van der Waals surface area contributed by atoms with Gasteiger partial charge in [0, 0.05) is 24.4 Å². The lowest BCUT2D eigenvalue weighted by Gasteiger charge is -2.19. The van der Waals surface area contributed by atoms with Crippen molar-refractivity contribution in [2.24, 2.45) is 0 Å². The molecule has 0 aliphatic carbocycles. The molecule has 1 N–H and O–H groups in total. The van der Waals surface area contributed by atoms with Gasteiger partial charge in [0.1, 0.15) is 6.04 Å². The fraction of sp³-hybridized carbons (Fsp3) is 0.333. The van der Waals surface area contributed by atoms with Crippen molar-refractivity contribution in [1.82, 2.24) is 4.90 Å². The van der Waals surface area contributed by atoms with Crippen LogP contribution in [0, 0.1) is 11.8 Å². The summed E-state index contributed by atoms with van der Waals surface area (Å²) in [5, 5.41) is 9.60. The van der Waals surface area contributed by atoms with Crippen molar-refractivity contribution in [1.29, 1.82) is 0 Å². The van der Waals surface area contributed by atoms with Crippen LogP contribution in [0.2, 0.25) is 0 Å². The molecule has 1 aromatic carbocycles. The fourth-order valence-electron chi connectivity index (χ4n) is 2.12. The van der Waals surface area contributed by atoms with Gasteiger partial charge in [-0.3, -0.25) is 4.79 Å². The number of aliphatic hydroxyl groups is 1. The number of likely N-dealkylation sites (tertiary alicyclic amines) is 1. The summed E-state index contributed by atoms with van der Waals surface area (Å²) in [6.45, 7) is 0.0993. The molecule has 1 aromatic rings. The Bertz CT molecular complexity index is 558. The zero-order chi connectivity index (χ0) is 14.5. The first kappa shape index (κ1) is 14.1. The number of methoxy groups -OCH3 is 1. The number of aliphatic hydroxyl groups excluding tert-OH is 1. The standard InChI is InChI=1S/C15H15NO4/c1-20-15(19)13-9-12(17)10-16(13)14(18)8-7-11-5-3-2-4-6-11/h2-6,12-13,17H,9-10H2,1H3. The summed E-state index contributed by atoms with van der Waals surface area (Å²) < 4.78 is 4.63. The molecule has 0 radical (unpaired) electrons. The Morgan fingerprint density at radius 3 is 2.70 bits per heavy atom. The van der Waals surface area contributed by atoms with Gasteiger partial charge in [-0.15, -0.1) is 0 Å². The van der Waals surface area contributed by atoms with E-state index in [1.807, 2.05) is 18.2 Å². The van der Waals surface area contributed by atoms with Gasteiger partial charge in [-0.25, -0.2) is 4.79 Å². The number of carbonyl (C=O) groups is 2. The van der Waals surface area contributed by atoms with Crippen LogP contribution in [0.25, 0.3) is 0 Å². The Morgan fingerprint density at radius 1 is 1.35 bits per heavy atom. The third-order valence-corrected chi connectivity index (χ3v) is 3.10. The van der Waals surface area contributed by atoms with Crippen LogP contribution in [0.4, 0.5) is 0 Å². The van der Waals surface area contributed by atoms with Gasteiger partial charge in [0.25, 0.3) is 5.91 Å². The third-order valence-electron chi connectivity index (χ3n) is 3.10. The van der Waals surface area contributed by atoms with Gasteiger partial charge in [-0.2, -0.15) is 0 Å². The molecule has 104 valence electrons. The topological polar surface area (TPSA) is 66.8 Å². The van der Waals surface area contributed by atoms with E-state index >= 15 is 0 Å². The van der Waals surface area contributed by atoms with E-state index in [2.05, 4.69) is 16.6 Å². The first-order chi connectivity index (χ1) is 9.61. The molecule has 1 fully saturated rings. The highest BCUT2D eigenvalue weighted by atomic mass is 16.5. The van der Waals surface area contributed by atoms with Gasteiger partial charge in [0.15, 0.2) is 0 Å². The summed E-state index contributed by atoms with van der Waals surface area (Å²) in [5.41, 5.74) is 0.718. The monoisotopic (exact) mass is 273 g/mol. The van der Waals surface area contributed by atoms with Crippen molar-refractivity contribution in [2.45, 2.75) is 18.6 Å². The SMILES string of the molecule is COC(=O)C1CC(O)CN1C(=O)C#Cc1ccccc1. The molecule has 1 aliphatic heterocycles. The number of esters is 1. The van der Waals surface area contributed by atoms with Crippen LogP contribution in [-0.2, 0) is 14.3 Å². The van der Waals surface area contributed by atoms with Crippen molar-refractivity contribution in [3.8, 4) is 11.8 Å². The second-order valence-corrected chi connectivity index (χ2v) is 4.50. The maximum Gasteiger partial charge on any atom is 0.328 e. The molecule has 2 unspecified atom stereocenters. The molecule has 0 aromatic heterocycles. The number of benzene rings is 1. The summed E-state index contributed by atoms with van der Waals surface area (Å²) in [4.78, 5) is 24.9. The van der Waals surface area contributed by atoms with Gasteiger partial charge >= 0.3 is 5.97 Å². The summed E-state index contributed by atoms with van der Waals surface area (Å²) in [5.74, 6) is 4.21. The predicted octanol–water partition coefficient (Wildman–Crippen LogP) is 0.173. The number of hydrogen-bond donors (Lipinski definition) is 1. The lowest BCUT2D eigenvalue weighted by Crippen LogP contribution is -2.40. The van der Waals surface area contributed by atoms with Gasteiger partial charge in [0.2, 0.25) is 0 Å². The van der Waals surface area contributed by atoms with Crippen LogP contribution in [0.15, 0.2) is 30.3 Å². The Morgan fingerprint density at radius 2 is 2.05 bits per heavy atom. The molecule has 5 heteroatoms. The molecule has 0 saturated carbocycles. The number of hydrogen-bond acceptors (Lipinski definition) is 4. The van der Waals surface area contributed by atoms with Crippen LogP contribution in [0.3, 0.4) is 0 Å². The van der Waals surface area contributed by atoms with E-state index < -0.39 is 24.0 Å². The van der Waals surface area contributed by atoms with Crippen LogP contribution >= 0.6 is 0 Å². The molecule has 1 heterocycles. The van der Waals surface area contributed by atoms with Crippen LogP contribution in [0.5, 0.6) is 0 Å². The van der Waals surface area contributed by atoms with Crippen LogP contribution in [-0.4, -0.2) is 47.7 Å². The molecular formula is C15H15NO4. The summed E-state index contributed by atoms with van der Waals surface area (Å²) >= 11 is 0. The molecule has 0 bridgehead atoms. The van der Waals surface area contributed by atoms with Crippen molar-refractivity contribution in [2.75, 3.05) is 13.7 Å². The molecule has 2 rings (SSSR count). The predicted molar refractivity (Wildman–Crippen MR) is 71.5 cm³/mol. The molecule has 2 atom stereocenters. The van der Waals surface area contributed by atoms with E-state index in [1.54, 1.807) is 12.1 Å². The largest absolute Gasteiger partial charge is 0.467 e. The minimum atomic E-state index is -0.757. The summed E-state index contributed by atoms with van der Waals surface area (Å²) in [7, 11) is 1.26. The fourth-order valence-corrected chi connectivity index (χ4v) is 2.12. The maximum atomic E-state index is 12.0. The normalized spacial score (nSPS) is 21.0. The molecule has 1 aliphatic rings. The number of ether oxygens (including phenoxy) is 1. The first-order valence-corrected chi connectivity index (χ1v) is 6.25. The maximum absolute atomic E-state index is 12.0. The van der Waals surface area contributed by atoms with Gasteiger partial charge in [-0.05, 0) is 12.1 Å². The van der Waals surface area contributed by atoms with Crippen molar-refractivity contribution < 1.29 is 19.4 Å². The Hall–Kier alpha value is -2.32. The van der Waals surface area contributed by atoms with Gasteiger partial charge in [0.05, 0.1) is 13.2 Å². The summed E-state index contributed by atoms with van der Waals surface area (Å²) in [6.07, 6.45) is -0.535. The van der Waals surface area contributed by atoms with Crippen LogP contribution in [0.1, 0.15) is 12.0 Å². The number of rotatable bonds is 1. The molecule has 0 spiro atoms. The number of carbonyl (C=O) groups excluding carboxylic acids is 2. The second-order valence-electron chi connectivity index (χ2n) is 4.50. The Balaban J connectivity index is 2.12. The molecule has 1 saturated heterocycles. The average molecular weight is 273 g/mol. The highest BCUT2D eigenvalue weighted by Gasteiger charge is 2.39. The minimum Gasteiger partial charge on any atom is -0.467 e. The lowest BCUT2D eigenvalue weighted by atomic mass is 10.2. The second kappa shape index (κ2) is 6.22. The van der Waals surface area contributed by atoms with E-state index in [1.165, 1.54) is 12.0 Å². The highest BCUT2D eigenvalue weighted by molar-refractivity contribution is 5.97. The molecule has 5 nitrogen and oxygen atoms in total. The third kappa shape index (κ3) is 3.16. The van der Waals surface area contributed by atoms with Gasteiger partial charge in [-0.1, -0.05) is 24.1 Å². The first-order valence-electron chi connectivity index (χ1n) is 6.25. The van der Waals surface area contributed by atoms with E-state index in [4.69, 9.17) is 0 Å². The zero-order valence-electron chi connectivity index (χ0n) is 11.1. The number of nitrogens with zero attached hydrogens (tertiary/aromatic N) is 1. The molecule has 20 heavy (non-hydrogen) atoms. The number of amides is 1. The lowest BCUT2D eigenvalue weighted by molar-refractivity contribution is -0.149. The minimum absolute atomic E-state index is 0.0993. The Labute approximate surface area is 117 Å². The summed E-state index contributed by atoms with van der Waals surface area (Å²) in [6, 6.07) is 8.33. The molecular weight excluding hydrogens is 258 g/mol. The smallest absolute Gasteiger partial charge is 0.328 e. The van der Waals surface area contributed by atoms with Crippen LogP contribution < -0.4 is 0 Å². The van der Waals surface area contributed by atoms with Crippen molar-refractivity contribution in [3.05, 3.63) is 35.9 Å². The quantitative estimate of drug-likeness (QED) is 0.585. The van der Waals surface area contributed by atoms with Crippen molar-refractivity contribution >= 4 is 11.9 Å². The van der Waals surface area contributed by atoms with E-state index in [0.717, 1.165) is 5.56 Å². The van der Waals surface area contributed by atoms with Crippen molar-refractivity contribution in [3.63, 3.8) is 0 Å².